The first-order valence-corrected chi connectivity index (χ1v) is 4.89. The van der Waals surface area contributed by atoms with Crippen LogP contribution in [0.4, 0.5) is 0 Å². The second kappa shape index (κ2) is 9.26. The molecule has 0 saturated heterocycles. The summed E-state index contributed by atoms with van der Waals surface area (Å²) in [6, 6.07) is 0. The summed E-state index contributed by atoms with van der Waals surface area (Å²) in [5.41, 5.74) is 0. The Morgan fingerprint density at radius 3 is 2.77 bits per heavy atom. The molecule has 0 radical (unpaired) electrons. The topological polar surface area (TPSA) is 27.6 Å². The molecule has 0 spiro atoms. The molecule has 0 rings (SSSR count). The molecule has 0 aromatic heterocycles. The second-order valence-corrected chi connectivity index (χ2v) is 2.91. The van der Waals surface area contributed by atoms with Gasteiger partial charge in [0.1, 0.15) is 0 Å². The Morgan fingerprint density at radius 1 is 1.38 bits per heavy atom. The van der Waals surface area contributed by atoms with Crippen LogP contribution < -0.4 is 5.32 Å². The van der Waals surface area contributed by atoms with Gasteiger partial charge in [-0.25, -0.2) is 0 Å². The van der Waals surface area contributed by atoms with E-state index in [0.29, 0.717) is 0 Å². The largest absolute Gasteiger partial charge is 0.388 e. The van der Waals surface area contributed by atoms with Gasteiger partial charge in [-0.15, -0.1) is 0 Å². The van der Waals surface area contributed by atoms with E-state index >= 15 is 0 Å². The average Bonchev–Trinajstić information content (AvgIpc) is 2.16. The van der Waals surface area contributed by atoms with Crippen molar-refractivity contribution in [1.82, 2.24) is 10.2 Å². The maximum atomic E-state index is 4.05. The van der Waals surface area contributed by atoms with Gasteiger partial charge in [-0.2, -0.15) is 0 Å². The lowest BCUT2D eigenvalue weighted by molar-refractivity contribution is 0.356. The Labute approximate surface area is 81.5 Å². The van der Waals surface area contributed by atoms with Gasteiger partial charge in [-0.05, 0) is 20.0 Å². The molecule has 0 amide bonds. The molecule has 0 atom stereocenters. The highest BCUT2D eigenvalue weighted by Crippen LogP contribution is 1.78. The number of nitrogens with one attached hydrogen (secondary N) is 1. The van der Waals surface area contributed by atoms with Crippen molar-refractivity contribution in [2.45, 2.75) is 20.3 Å². The Hall–Kier alpha value is -0.830. The number of hydrogen-bond acceptors (Lipinski definition) is 3. The van der Waals surface area contributed by atoms with Crippen molar-refractivity contribution in [2.24, 2.45) is 4.99 Å². The SMILES string of the molecule is CCC=N/C=C/NCCN(C)CC. The Kier molecular flexibility index (Phi) is 8.67. The van der Waals surface area contributed by atoms with Crippen LogP contribution in [0.5, 0.6) is 0 Å². The minimum absolute atomic E-state index is 0.975. The predicted octanol–water partition coefficient (Wildman–Crippen LogP) is 1.48. The average molecular weight is 183 g/mol. The molecule has 13 heavy (non-hydrogen) atoms. The Balaban J connectivity index is 3.24. The minimum Gasteiger partial charge on any atom is -0.388 e. The third-order valence-corrected chi connectivity index (χ3v) is 1.74. The van der Waals surface area contributed by atoms with Crippen molar-refractivity contribution < 1.29 is 0 Å². The second-order valence-electron chi connectivity index (χ2n) is 2.91. The standard InChI is InChI=1S/C10H21N3/c1-4-6-11-7-8-12-9-10-13(3)5-2/h6-8,12H,4-5,9-10H2,1-3H3/b8-7+,11-6?. The van der Waals surface area contributed by atoms with Crippen molar-refractivity contribution in [3.63, 3.8) is 0 Å². The highest BCUT2D eigenvalue weighted by Gasteiger charge is 1.89. The lowest BCUT2D eigenvalue weighted by atomic mass is 10.5. The molecule has 0 aromatic rings. The van der Waals surface area contributed by atoms with Crippen LogP contribution in [0.1, 0.15) is 20.3 Å². The number of likely N-dealkylation sites (N-methyl/N-ethyl adjacent to an activating group) is 1. The van der Waals surface area contributed by atoms with Gasteiger partial charge in [0.25, 0.3) is 0 Å². The summed E-state index contributed by atoms with van der Waals surface area (Å²) in [6.07, 6.45) is 6.55. The highest BCUT2D eigenvalue weighted by atomic mass is 15.1. The maximum absolute atomic E-state index is 4.05. The molecule has 3 nitrogen and oxygen atoms in total. The van der Waals surface area contributed by atoms with Crippen LogP contribution in [0.2, 0.25) is 0 Å². The lowest BCUT2D eigenvalue weighted by Crippen LogP contribution is -2.26. The molecule has 0 aliphatic heterocycles. The zero-order valence-electron chi connectivity index (χ0n) is 8.95. The third kappa shape index (κ3) is 9.08. The summed E-state index contributed by atoms with van der Waals surface area (Å²) in [5.74, 6) is 0. The van der Waals surface area contributed by atoms with Gasteiger partial charge < -0.3 is 10.2 Å². The molecule has 0 saturated carbocycles. The van der Waals surface area contributed by atoms with E-state index in [1.54, 1.807) is 6.20 Å². The quantitative estimate of drug-likeness (QED) is 0.478. The van der Waals surface area contributed by atoms with Crippen molar-refractivity contribution >= 4 is 6.21 Å². The number of hydrogen-bond donors (Lipinski definition) is 1. The van der Waals surface area contributed by atoms with E-state index in [-0.39, 0.29) is 0 Å². The zero-order valence-corrected chi connectivity index (χ0v) is 8.95. The zero-order chi connectivity index (χ0) is 9.94. The molecule has 3 heteroatoms. The summed E-state index contributed by atoms with van der Waals surface area (Å²) in [6.45, 7) is 7.36. The molecule has 0 aromatic carbocycles. The van der Waals surface area contributed by atoms with E-state index in [1.165, 1.54) is 0 Å². The molecule has 76 valence electrons. The van der Waals surface area contributed by atoms with Gasteiger partial charge in [0.05, 0.1) is 0 Å². The highest BCUT2D eigenvalue weighted by molar-refractivity contribution is 5.57. The smallest absolute Gasteiger partial charge is 0.0420 e. The van der Waals surface area contributed by atoms with E-state index < -0.39 is 0 Å². The van der Waals surface area contributed by atoms with Crippen LogP contribution >= 0.6 is 0 Å². The van der Waals surface area contributed by atoms with Crippen molar-refractivity contribution in [2.75, 3.05) is 26.7 Å². The molecule has 1 N–H and O–H groups in total. The van der Waals surface area contributed by atoms with Crippen LogP contribution in [-0.4, -0.2) is 37.8 Å². The van der Waals surface area contributed by atoms with Gasteiger partial charge in [0, 0.05) is 31.7 Å². The van der Waals surface area contributed by atoms with E-state index in [0.717, 1.165) is 26.1 Å². The fourth-order valence-electron chi connectivity index (χ4n) is 0.759. The monoisotopic (exact) mass is 183 g/mol. The summed E-state index contributed by atoms with van der Waals surface area (Å²) in [5, 5.41) is 3.17. The Bertz CT molecular complexity index is 152. The molecular weight excluding hydrogens is 162 g/mol. The summed E-state index contributed by atoms with van der Waals surface area (Å²) in [7, 11) is 2.11. The fraction of sp³-hybridized carbons (Fsp3) is 0.700. The molecule has 0 aliphatic carbocycles. The molecule has 0 heterocycles. The van der Waals surface area contributed by atoms with Crippen LogP contribution in [-0.2, 0) is 0 Å². The van der Waals surface area contributed by atoms with E-state index in [1.807, 2.05) is 12.4 Å². The first kappa shape index (κ1) is 12.2. The van der Waals surface area contributed by atoms with Crippen LogP contribution in [0, 0.1) is 0 Å². The van der Waals surface area contributed by atoms with E-state index in [9.17, 15) is 0 Å². The number of aliphatic imine (C=N–C) groups is 1. The molecule has 0 aliphatic rings. The summed E-state index contributed by atoms with van der Waals surface area (Å²) >= 11 is 0. The molecular formula is C10H21N3. The first-order chi connectivity index (χ1) is 6.31. The normalized spacial score (nSPS) is 12.0. The minimum atomic E-state index is 0.975. The lowest BCUT2D eigenvalue weighted by Gasteiger charge is -2.12. The van der Waals surface area contributed by atoms with Gasteiger partial charge >= 0.3 is 0 Å². The van der Waals surface area contributed by atoms with Crippen LogP contribution in [0.3, 0.4) is 0 Å². The van der Waals surface area contributed by atoms with E-state index in [4.69, 9.17) is 0 Å². The van der Waals surface area contributed by atoms with Gasteiger partial charge in [0.2, 0.25) is 0 Å². The third-order valence-electron chi connectivity index (χ3n) is 1.74. The summed E-state index contributed by atoms with van der Waals surface area (Å²) in [4.78, 5) is 6.31. The van der Waals surface area contributed by atoms with E-state index in [2.05, 4.69) is 36.1 Å². The van der Waals surface area contributed by atoms with Crippen molar-refractivity contribution in [3.05, 3.63) is 12.4 Å². The Morgan fingerprint density at radius 2 is 2.15 bits per heavy atom. The molecule has 0 fully saturated rings. The van der Waals surface area contributed by atoms with Gasteiger partial charge in [-0.1, -0.05) is 13.8 Å². The van der Waals surface area contributed by atoms with Crippen LogP contribution in [0.15, 0.2) is 17.4 Å². The molecule has 0 unspecified atom stereocenters. The van der Waals surface area contributed by atoms with Crippen molar-refractivity contribution in [1.29, 1.82) is 0 Å². The number of rotatable bonds is 7. The maximum Gasteiger partial charge on any atom is 0.0420 e. The predicted molar refractivity (Wildman–Crippen MR) is 59.1 cm³/mol. The fourth-order valence-corrected chi connectivity index (χ4v) is 0.759. The van der Waals surface area contributed by atoms with Gasteiger partial charge in [-0.3, -0.25) is 4.99 Å². The molecule has 0 bridgehead atoms. The van der Waals surface area contributed by atoms with Crippen LogP contribution in [0.25, 0.3) is 0 Å². The van der Waals surface area contributed by atoms with Gasteiger partial charge in [0.15, 0.2) is 0 Å². The summed E-state index contributed by atoms with van der Waals surface area (Å²) < 4.78 is 0. The van der Waals surface area contributed by atoms with Crippen molar-refractivity contribution in [3.8, 4) is 0 Å². The first-order valence-electron chi connectivity index (χ1n) is 4.89. The number of nitrogens with zero attached hydrogens (tertiary/aromatic N) is 2.